The van der Waals surface area contributed by atoms with E-state index >= 15 is 0 Å². The van der Waals surface area contributed by atoms with Crippen LogP contribution in [0.1, 0.15) is 46.1 Å². The zero-order chi connectivity index (χ0) is 22.7. The van der Waals surface area contributed by atoms with E-state index < -0.39 is 24.0 Å². The van der Waals surface area contributed by atoms with Gasteiger partial charge in [0.25, 0.3) is 0 Å². The minimum Gasteiger partial charge on any atom is -0.352 e. The lowest BCUT2D eigenvalue weighted by atomic mass is 10.0. The summed E-state index contributed by atoms with van der Waals surface area (Å²) in [6.45, 7) is 7.27. The molecule has 9 heteroatoms. The van der Waals surface area contributed by atoms with E-state index in [2.05, 4.69) is 21.3 Å². The lowest BCUT2D eigenvalue weighted by molar-refractivity contribution is -0.131. The molecule has 0 saturated heterocycles. The monoisotopic (exact) mass is 419 g/mol. The van der Waals surface area contributed by atoms with Crippen molar-refractivity contribution in [3.05, 3.63) is 29.8 Å². The molecule has 1 rings (SSSR count). The van der Waals surface area contributed by atoms with Crippen molar-refractivity contribution in [2.75, 3.05) is 11.9 Å². The van der Waals surface area contributed by atoms with E-state index in [1.807, 2.05) is 19.1 Å². The van der Waals surface area contributed by atoms with Gasteiger partial charge < -0.3 is 27.0 Å². The Labute approximate surface area is 177 Å². The summed E-state index contributed by atoms with van der Waals surface area (Å²) < 4.78 is 0. The quantitative estimate of drug-likeness (QED) is 0.344. The Balaban J connectivity index is 2.87. The highest BCUT2D eigenvalue weighted by atomic mass is 16.2. The van der Waals surface area contributed by atoms with Gasteiger partial charge in [-0.1, -0.05) is 32.9 Å². The second kappa shape index (κ2) is 12.5. The standard InChI is InChI=1S/C21H33N5O4/c1-5-15-8-10-16(11-9-15)25-19(28)17(7-6-12-23-21(22)30)26-20(29)18(13(2)3)24-14(4)27/h8-11,13,17-18H,5-7,12H2,1-4H3,(H,24,27)(H,25,28)(H,26,29)(H3,22,23,30)/t17-,18?/m0/s1. The highest BCUT2D eigenvalue weighted by Gasteiger charge is 2.28. The normalized spacial score (nSPS) is 12.6. The summed E-state index contributed by atoms with van der Waals surface area (Å²) in [5, 5.41) is 10.6. The van der Waals surface area contributed by atoms with Crippen molar-refractivity contribution < 1.29 is 19.2 Å². The van der Waals surface area contributed by atoms with Crippen LogP contribution in [0.15, 0.2) is 24.3 Å². The largest absolute Gasteiger partial charge is 0.352 e. The molecule has 0 fully saturated rings. The SMILES string of the molecule is CCc1ccc(NC(=O)[C@H](CCCNC(N)=O)NC(=O)C(NC(C)=O)C(C)C)cc1. The van der Waals surface area contributed by atoms with E-state index in [1.165, 1.54) is 6.92 Å². The van der Waals surface area contributed by atoms with Crippen LogP contribution in [-0.4, -0.2) is 42.4 Å². The first-order valence-electron chi connectivity index (χ1n) is 10.1. The number of carbonyl (C=O) groups is 4. The average Bonchev–Trinajstić information content (AvgIpc) is 2.68. The van der Waals surface area contributed by atoms with Crippen LogP contribution < -0.4 is 27.0 Å². The molecule has 2 atom stereocenters. The van der Waals surface area contributed by atoms with E-state index in [9.17, 15) is 19.2 Å². The smallest absolute Gasteiger partial charge is 0.312 e. The van der Waals surface area contributed by atoms with Gasteiger partial charge >= 0.3 is 6.03 Å². The molecule has 30 heavy (non-hydrogen) atoms. The molecule has 0 saturated carbocycles. The fourth-order valence-electron chi connectivity index (χ4n) is 2.86. The minimum absolute atomic E-state index is 0.157. The van der Waals surface area contributed by atoms with Crippen molar-refractivity contribution in [1.82, 2.24) is 16.0 Å². The maximum absolute atomic E-state index is 12.8. The minimum atomic E-state index is -0.840. The predicted octanol–water partition coefficient (Wildman–Crippen LogP) is 1.28. The predicted molar refractivity (Wildman–Crippen MR) is 116 cm³/mol. The highest BCUT2D eigenvalue weighted by molar-refractivity contribution is 5.98. The Morgan fingerprint density at radius 3 is 2.13 bits per heavy atom. The highest BCUT2D eigenvalue weighted by Crippen LogP contribution is 2.12. The molecule has 6 N–H and O–H groups in total. The van der Waals surface area contributed by atoms with Crippen LogP contribution in [0.2, 0.25) is 0 Å². The summed E-state index contributed by atoms with van der Waals surface area (Å²) in [5.74, 6) is -1.30. The number of amides is 5. The number of urea groups is 1. The zero-order valence-corrected chi connectivity index (χ0v) is 18.1. The van der Waals surface area contributed by atoms with E-state index in [0.29, 0.717) is 12.1 Å². The van der Waals surface area contributed by atoms with Gasteiger partial charge in [0.2, 0.25) is 17.7 Å². The van der Waals surface area contributed by atoms with Gasteiger partial charge in [0.15, 0.2) is 0 Å². The first kappa shape index (κ1) is 24.9. The third-order valence-corrected chi connectivity index (χ3v) is 4.54. The lowest BCUT2D eigenvalue weighted by Crippen LogP contribution is -2.54. The second-order valence-electron chi connectivity index (χ2n) is 7.46. The molecule has 0 aliphatic heterocycles. The van der Waals surface area contributed by atoms with Crippen LogP contribution in [0.4, 0.5) is 10.5 Å². The summed E-state index contributed by atoms with van der Waals surface area (Å²) in [6.07, 6.45) is 1.61. The van der Waals surface area contributed by atoms with Crippen molar-refractivity contribution >= 4 is 29.4 Å². The number of hydrogen-bond donors (Lipinski definition) is 5. The van der Waals surface area contributed by atoms with Gasteiger partial charge in [-0.05, 0) is 42.9 Å². The number of nitrogens with two attached hydrogens (primary N) is 1. The molecule has 9 nitrogen and oxygen atoms in total. The number of anilines is 1. The Morgan fingerprint density at radius 1 is 1.00 bits per heavy atom. The molecule has 1 aromatic rings. The van der Waals surface area contributed by atoms with Crippen molar-refractivity contribution in [2.24, 2.45) is 11.7 Å². The van der Waals surface area contributed by atoms with E-state index in [1.54, 1.807) is 26.0 Å². The van der Waals surface area contributed by atoms with E-state index in [-0.39, 0.29) is 30.7 Å². The number of primary amides is 1. The maximum Gasteiger partial charge on any atom is 0.312 e. The zero-order valence-electron chi connectivity index (χ0n) is 18.1. The van der Waals surface area contributed by atoms with Crippen LogP contribution in [-0.2, 0) is 20.8 Å². The molecule has 0 aliphatic carbocycles. The van der Waals surface area contributed by atoms with Crippen molar-refractivity contribution in [1.29, 1.82) is 0 Å². The van der Waals surface area contributed by atoms with Crippen LogP contribution >= 0.6 is 0 Å². The number of nitrogens with one attached hydrogen (secondary N) is 4. The number of carbonyl (C=O) groups excluding carboxylic acids is 4. The van der Waals surface area contributed by atoms with Gasteiger partial charge in [-0.2, -0.15) is 0 Å². The third kappa shape index (κ3) is 8.93. The Morgan fingerprint density at radius 2 is 1.63 bits per heavy atom. The third-order valence-electron chi connectivity index (χ3n) is 4.54. The lowest BCUT2D eigenvalue weighted by Gasteiger charge is -2.25. The van der Waals surface area contributed by atoms with Crippen molar-refractivity contribution in [3.8, 4) is 0 Å². The van der Waals surface area contributed by atoms with Gasteiger partial charge in [-0.15, -0.1) is 0 Å². The Hall–Kier alpha value is -3.10. The van der Waals surface area contributed by atoms with Gasteiger partial charge in [-0.3, -0.25) is 14.4 Å². The molecule has 166 valence electrons. The number of hydrogen-bond acceptors (Lipinski definition) is 4. The summed E-state index contributed by atoms with van der Waals surface area (Å²) >= 11 is 0. The van der Waals surface area contributed by atoms with Gasteiger partial charge in [0, 0.05) is 19.2 Å². The van der Waals surface area contributed by atoms with Crippen LogP contribution in [0.3, 0.4) is 0 Å². The van der Waals surface area contributed by atoms with Gasteiger partial charge in [0.1, 0.15) is 12.1 Å². The number of benzene rings is 1. The summed E-state index contributed by atoms with van der Waals surface area (Å²) in [6, 6.07) is 5.20. The Bertz CT molecular complexity index is 733. The average molecular weight is 420 g/mol. The summed E-state index contributed by atoms with van der Waals surface area (Å²) in [4.78, 5) is 47.8. The molecule has 0 spiro atoms. The fourth-order valence-corrected chi connectivity index (χ4v) is 2.86. The maximum atomic E-state index is 12.8. The van der Waals surface area contributed by atoms with Crippen LogP contribution in [0, 0.1) is 5.92 Å². The van der Waals surface area contributed by atoms with Crippen molar-refractivity contribution in [2.45, 2.75) is 59.0 Å². The van der Waals surface area contributed by atoms with E-state index in [4.69, 9.17) is 5.73 Å². The van der Waals surface area contributed by atoms with Gasteiger partial charge in [0.05, 0.1) is 0 Å². The first-order chi connectivity index (χ1) is 14.1. The topological polar surface area (TPSA) is 142 Å². The number of rotatable bonds is 11. The molecule has 0 radical (unpaired) electrons. The molecule has 1 aromatic carbocycles. The molecule has 0 heterocycles. The molecule has 0 aliphatic rings. The Kier molecular flexibility index (Phi) is 10.4. The molecular formula is C21H33N5O4. The van der Waals surface area contributed by atoms with E-state index in [0.717, 1.165) is 12.0 Å². The molecule has 5 amide bonds. The molecule has 0 aromatic heterocycles. The molecular weight excluding hydrogens is 386 g/mol. The second-order valence-corrected chi connectivity index (χ2v) is 7.46. The summed E-state index contributed by atoms with van der Waals surface area (Å²) in [7, 11) is 0. The number of aryl methyl sites for hydroxylation is 1. The summed E-state index contributed by atoms with van der Waals surface area (Å²) in [5.41, 5.74) is 6.82. The first-order valence-corrected chi connectivity index (χ1v) is 10.1. The van der Waals surface area contributed by atoms with Gasteiger partial charge in [-0.25, -0.2) is 4.79 Å². The van der Waals surface area contributed by atoms with Crippen LogP contribution in [0.5, 0.6) is 0 Å². The molecule has 1 unspecified atom stereocenters. The van der Waals surface area contributed by atoms with Crippen molar-refractivity contribution in [3.63, 3.8) is 0 Å². The van der Waals surface area contributed by atoms with Crippen LogP contribution in [0.25, 0.3) is 0 Å². The fraction of sp³-hybridized carbons (Fsp3) is 0.524. The molecule has 0 bridgehead atoms.